The van der Waals surface area contributed by atoms with Crippen molar-refractivity contribution in [3.63, 3.8) is 0 Å². The number of ketones is 2. The van der Waals surface area contributed by atoms with Crippen molar-refractivity contribution >= 4 is 23.2 Å². The average Bonchev–Trinajstić information content (AvgIpc) is 2.83. The summed E-state index contributed by atoms with van der Waals surface area (Å²) in [5.74, 6) is -7.68. The van der Waals surface area contributed by atoms with Crippen molar-refractivity contribution in [1.29, 1.82) is 0 Å². The first kappa shape index (κ1) is 30.3. The quantitative estimate of drug-likeness (QED) is 0.133. The number of aliphatic hydroxyl groups excluding tert-OH is 2. The maximum absolute atomic E-state index is 13.9. The zero-order chi connectivity index (χ0) is 30.8. The summed E-state index contributed by atoms with van der Waals surface area (Å²) in [4.78, 5) is 42.5. The van der Waals surface area contributed by atoms with Crippen LogP contribution in [0.2, 0.25) is 0 Å². The number of likely N-dealkylation sites (N-methyl/N-ethyl adjacent to an activating group) is 1. The van der Waals surface area contributed by atoms with E-state index in [9.17, 15) is 48.0 Å². The van der Waals surface area contributed by atoms with Crippen LogP contribution in [-0.2, 0) is 22.6 Å². The summed E-state index contributed by atoms with van der Waals surface area (Å²) in [6, 6.07) is 0.414. The van der Waals surface area contributed by atoms with Gasteiger partial charge in [-0.3, -0.25) is 24.7 Å². The zero-order valence-corrected chi connectivity index (χ0v) is 22.8. The first-order valence-electron chi connectivity index (χ1n) is 12.7. The van der Waals surface area contributed by atoms with Gasteiger partial charge in [0, 0.05) is 43.4 Å². The van der Waals surface area contributed by atoms with E-state index in [1.165, 1.54) is 25.1 Å². The van der Waals surface area contributed by atoms with Gasteiger partial charge in [0.25, 0.3) is 5.91 Å². The molecule has 41 heavy (non-hydrogen) atoms. The number of hydrogen-bond acceptors (Lipinski definition) is 11. The first-order valence-corrected chi connectivity index (χ1v) is 12.7. The Morgan fingerprint density at radius 2 is 1.78 bits per heavy atom. The van der Waals surface area contributed by atoms with Crippen molar-refractivity contribution in [2.45, 2.75) is 37.2 Å². The molecule has 0 saturated heterocycles. The normalized spacial score (nSPS) is 26.2. The van der Waals surface area contributed by atoms with Crippen molar-refractivity contribution in [2.24, 2.45) is 17.6 Å². The third-order valence-electron chi connectivity index (χ3n) is 7.95. The molecule has 1 aromatic rings. The van der Waals surface area contributed by atoms with Crippen LogP contribution in [0.5, 0.6) is 5.75 Å². The highest BCUT2D eigenvalue weighted by Crippen LogP contribution is 2.53. The van der Waals surface area contributed by atoms with Crippen LogP contribution in [0, 0.1) is 11.8 Å². The van der Waals surface area contributed by atoms with Crippen LogP contribution < -0.4 is 21.5 Å². The van der Waals surface area contributed by atoms with E-state index >= 15 is 0 Å². The molecule has 0 fully saturated rings. The number of nitrogens with zero attached hydrogens (tertiary/aromatic N) is 2. The number of hydrazine groups is 1. The van der Waals surface area contributed by atoms with E-state index in [1.807, 2.05) is 5.43 Å². The number of alkyl halides is 3. The van der Waals surface area contributed by atoms with Gasteiger partial charge in [-0.05, 0) is 44.5 Å². The molecular formula is C26H32F3N5O7. The number of carbonyl (C=O) groups is 3. The van der Waals surface area contributed by atoms with Gasteiger partial charge in [0.15, 0.2) is 11.4 Å². The molecule has 0 aliphatic heterocycles. The van der Waals surface area contributed by atoms with Gasteiger partial charge >= 0.3 is 6.18 Å². The van der Waals surface area contributed by atoms with E-state index in [1.54, 1.807) is 19.0 Å². The largest absolute Gasteiger partial charge is 0.510 e. The number of allylic oxidation sites excluding steroid dienone is 1. The second-order valence-corrected chi connectivity index (χ2v) is 10.9. The van der Waals surface area contributed by atoms with Crippen LogP contribution >= 0.6 is 0 Å². The summed E-state index contributed by atoms with van der Waals surface area (Å²) in [7, 11) is 6.42. The number of anilines is 1. The van der Waals surface area contributed by atoms with E-state index in [-0.39, 0.29) is 36.1 Å². The van der Waals surface area contributed by atoms with Crippen LogP contribution in [0.1, 0.15) is 27.9 Å². The number of hydrogen-bond donors (Lipinski definition) is 7. The van der Waals surface area contributed by atoms with Crippen molar-refractivity contribution in [2.75, 3.05) is 39.6 Å². The average molecular weight is 584 g/mol. The van der Waals surface area contributed by atoms with E-state index < -0.39 is 76.5 Å². The Morgan fingerprint density at radius 1 is 1.15 bits per heavy atom. The lowest BCUT2D eigenvalue weighted by molar-refractivity contribution is -0.148. The fraction of sp³-hybridized carbons (Fsp3) is 0.500. The number of aliphatic hydroxyl groups is 3. The number of aromatic hydroxyl groups is 1. The molecule has 0 aromatic heterocycles. The first-order chi connectivity index (χ1) is 18.9. The predicted octanol–water partition coefficient (Wildman–Crippen LogP) is 0.343. The molecule has 0 bridgehead atoms. The Labute approximate surface area is 232 Å². The lowest BCUT2D eigenvalue weighted by Crippen LogP contribution is -2.63. The third-order valence-corrected chi connectivity index (χ3v) is 7.95. The molecule has 0 saturated carbocycles. The molecule has 3 aliphatic rings. The minimum Gasteiger partial charge on any atom is -0.510 e. The summed E-state index contributed by atoms with van der Waals surface area (Å²) in [5, 5.41) is 45.0. The molecule has 0 heterocycles. The zero-order valence-electron chi connectivity index (χ0n) is 22.8. The Kier molecular flexibility index (Phi) is 7.62. The van der Waals surface area contributed by atoms with Gasteiger partial charge < -0.3 is 31.1 Å². The highest BCUT2D eigenvalue weighted by Gasteiger charge is 2.63. The van der Waals surface area contributed by atoms with Crippen LogP contribution in [0.25, 0.3) is 0 Å². The summed E-state index contributed by atoms with van der Waals surface area (Å²) < 4.78 is 37.5. The van der Waals surface area contributed by atoms with Gasteiger partial charge in [-0.25, -0.2) is 5.43 Å². The number of nitrogens with two attached hydrogens (primary N) is 1. The summed E-state index contributed by atoms with van der Waals surface area (Å²) >= 11 is 0. The summed E-state index contributed by atoms with van der Waals surface area (Å²) in [5.41, 5.74) is 6.40. The van der Waals surface area contributed by atoms with Gasteiger partial charge in [0.05, 0.1) is 11.6 Å². The monoisotopic (exact) mass is 583 g/mol. The lowest BCUT2D eigenvalue weighted by atomic mass is 9.58. The van der Waals surface area contributed by atoms with Gasteiger partial charge in [0.2, 0.25) is 5.78 Å². The number of nitrogens with one attached hydrogen (secondary N) is 2. The highest BCUT2D eigenvalue weighted by atomic mass is 19.4. The topological polar surface area (TPSA) is 189 Å². The van der Waals surface area contributed by atoms with Crippen molar-refractivity contribution in [1.82, 2.24) is 15.8 Å². The molecule has 0 radical (unpaired) electrons. The van der Waals surface area contributed by atoms with E-state index in [4.69, 9.17) is 5.73 Å². The highest BCUT2D eigenvalue weighted by molar-refractivity contribution is 6.24. The van der Waals surface area contributed by atoms with Crippen molar-refractivity contribution in [3.8, 4) is 5.75 Å². The number of amides is 1. The number of primary amides is 1. The number of benzene rings is 1. The molecule has 12 nitrogen and oxygen atoms in total. The molecule has 3 aliphatic carbocycles. The standard InChI is InChI=1S/C26H32F3N5O7/c1-33(2)14-7-11(8-31-32-9-25(27,28)29)19(35)16-12(14)5-10-6-13-18(34(3)4)21(37)17(24(30)40)23(39)26(13,41)22(38)15(10)20(16)36/h7,10,13,18,31-32,35,37-38,41H,5-6,8-9H2,1-4H3,(H2,30,40)/t10-,13-,18-,26-/m0/s1. The number of fused-ring (bicyclic) bond motifs is 3. The number of phenolic OH excluding ortho intramolecular Hbond substituents is 1. The molecule has 1 amide bonds. The minimum absolute atomic E-state index is 0.0654. The van der Waals surface area contributed by atoms with Crippen molar-refractivity contribution in [3.05, 3.63) is 45.4 Å². The Morgan fingerprint density at radius 3 is 2.32 bits per heavy atom. The number of rotatable bonds is 7. The second-order valence-electron chi connectivity index (χ2n) is 10.9. The summed E-state index contributed by atoms with van der Waals surface area (Å²) in [6.45, 7) is -1.65. The molecular weight excluding hydrogens is 551 g/mol. The van der Waals surface area contributed by atoms with E-state index in [2.05, 4.69) is 5.43 Å². The third kappa shape index (κ3) is 4.81. The van der Waals surface area contributed by atoms with Gasteiger partial charge in [-0.2, -0.15) is 13.2 Å². The predicted molar refractivity (Wildman–Crippen MR) is 139 cm³/mol. The van der Waals surface area contributed by atoms with Crippen LogP contribution in [0.15, 0.2) is 28.7 Å². The second kappa shape index (κ2) is 10.3. The molecule has 0 spiro atoms. The molecule has 0 unspecified atom stereocenters. The van der Waals surface area contributed by atoms with Crippen molar-refractivity contribution < 1.29 is 48.0 Å². The maximum Gasteiger partial charge on any atom is 0.402 e. The Hall–Kier alpha value is -3.66. The molecule has 4 atom stereocenters. The van der Waals surface area contributed by atoms with Crippen LogP contribution in [0.3, 0.4) is 0 Å². The minimum atomic E-state index is -4.49. The van der Waals surface area contributed by atoms with Gasteiger partial charge in [-0.15, -0.1) is 0 Å². The smallest absolute Gasteiger partial charge is 0.402 e. The number of halogens is 3. The van der Waals surface area contributed by atoms with Gasteiger partial charge in [-0.1, -0.05) is 0 Å². The molecule has 4 rings (SSSR count). The number of phenols is 1. The van der Waals surface area contributed by atoms with Crippen LogP contribution in [0.4, 0.5) is 18.9 Å². The Bertz CT molecular complexity index is 1390. The molecule has 1 aromatic carbocycles. The molecule has 224 valence electrons. The molecule has 15 heteroatoms. The SMILES string of the molecule is CN(C)c1cc(CNNCC(F)(F)F)c(O)c2c1C[C@H]1C[C@H]3[C@H](N(C)C)C(O)=C(C(N)=O)C(=O)[C@@]3(O)C(O)=C1C2=O. The van der Waals surface area contributed by atoms with E-state index in [0.717, 1.165) is 0 Å². The maximum atomic E-state index is 13.9. The Balaban J connectivity index is 1.85. The number of carbonyl (C=O) groups excluding carboxylic acids is 3. The molecule has 8 N–H and O–H groups in total. The summed E-state index contributed by atoms with van der Waals surface area (Å²) in [6.07, 6.45) is -4.48. The van der Waals surface area contributed by atoms with Gasteiger partial charge in [0.1, 0.15) is 29.4 Å². The fourth-order valence-electron chi connectivity index (χ4n) is 6.21. The lowest BCUT2D eigenvalue weighted by Gasteiger charge is -2.50. The fourth-order valence-corrected chi connectivity index (χ4v) is 6.21. The van der Waals surface area contributed by atoms with E-state index in [0.29, 0.717) is 11.3 Å². The van der Waals surface area contributed by atoms with Crippen LogP contribution in [-0.4, -0.2) is 95.4 Å². The number of Topliss-reactive ketones (excluding diaryl/α,β-unsaturated/α-hetero) is 2.